The van der Waals surface area contributed by atoms with Crippen molar-refractivity contribution in [2.45, 2.75) is 16.7 Å². The van der Waals surface area contributed by atoms with E-state index in [-0.39, 0.29) is 10.0 Å². The second-order valence-electron chi connectivity index (χ2n) is 6.84. The summed E-state index contributed by atoms with van der Waals surface area (Å²) < 4.78 is 30.9. The number of hydrogen-bond donors (Lipinski definition) is 3. The Morgan fingerprint density at radius 3 is 2.73 bits per heavy atom. The Morgan fingerprint density at radius 1 is 1.37 bits per heavy atom. The average Bonchev–Trinajstić information content (AvgIpc) is 3.36. The van der Waals surface area contributed by atoms with Crippen LogP contribution >= 0.6 is 11.3 Å². The number of hydrogen-bond acceptors (Lipinski definition) is 7. The van der Waals surface area contributed by atoms with Crippen molar-refractivity contribution in [3.05, 3.63) is 47.5 Å². The number of rotatable bonds is 5. The first-order valence-corrected chi connectivity index (χ1v) is 11.0. The van der Waals surface area contributed by atoms with E-state index in [0.717, 1.165) is 16.0 Å². The molecule has 10 nitrogen and oxygen atoms in total. The van der Waals surface area contributed by atoms with Gasteiger partial charge in [-0.1, -0.05) is 0 Å². The molecule has 30 heavy (non-hydrogen) atoms. The number of imide groups is 1. The smallest absolute Gasteiger partial charge is 0.322 e. The molecule has 0 saturated carbocycles. The molecule has 0 bridgehead atoms. The fourth-order valence-electron chi connectivity index (χ4n) is 3.42. The van der Waals surface area contributed by atoms with Crippen molar-refractivity contribution in [3.63, 3.8) is 0 Å². The third-order valence-electron chi connectivity index (χ3n) is 4.94. The largest absolute Gasteiger partial charge is 0.336 e. The Balaban J connectivity index is 1.71. The number of carbonyl (C=O) groups is 2. The lowest BCUT2D eigenvalue weighted by Crippen LogP contribution is -2.53. The molecule has 1 aliphatic heterocycles. The number of nitrogens with zero attached hydrogens (tertiary/aromatic N) is 3. The number of aromatic nitrogens is 2. The predicted octanol–water partition coefficient (Wildman–Crippen LogP) is 0.828. The molecule has 2 aromatic heterocycles. The van der Waals surface area contributed by atoms with Gasteiger partial charge in [0.05, 0.1) is 18.2 Å². The average molecular weight is 444 g/mol. The summed E-state index contributed by atoms with van der Waals surface area (Å²) in [4.78, 5) is 28.5. The molecule has 154 valence electrons. The highest BCUT2D eigenvalue weighted by Crippen LogP contribution is 2.35. The summed E-state index contributed by atoms with van der Waals surface area (Å²) in [6.07, 6.45) is 3.04. The number of nitrogens with one attached hydrogen (secondary N) is 3. The second-order valence-corrected chi connectivity index (χ2v) is 9.85. The first kappa shape index (κ1) is 20.0. The molecular formula is C18H16N6O4S2. The third kappa shape index (κ3) is 3.04. The SMILES string of the molecule is Cc1c(S(=O)(=O)NCC2(c3nccn3C)NC(=O)NC2=O)sc2ccc(C#N)cc12. The van der Waals surface area contributed by atoms with Crippen molar-refractivity contribution in [2.75, 3.05) is 6.54 Å². The van der Waals surface area contributed by atoms with Crippen molar-refractivity contribution < 1.29 is 18.0 Å². The van der Waals surface area contributed by atoms with Gasteiger partial charge in [0.2, 0.25) is 10.0 Å². The van der Waals surface area contributed by atoms with Crippen LogP contribution in [0.5, 0.6) is 0 Å². The van der Waals surface area contributed by atoms with Gasteiger partial charge < -0.3 is 9.88 Å². The maximum atomic E-state index is 13.1. The second kappa shape index (κ2) is 6.91. The van der Waals surface area contributed by atoms with Gasteiger partial charge in [0.15, 0.2) is 5.54 Å². The molecule has 1 saturated heterocycles. The van der Waals surface area contributed by atoms with Gasteiger partial charge in [0.25, 0.3) is 5.91 Å². The fourth-order valence-corrected chi connectivity index (χ4v) is 6.28. The first-order chi connectivity index (χ1) is 14.2. The predicted molar refractivity (Wildman–Crippen MR) is 108 cm³/mol. The molecule has 3 aromatic rings. The zero-order valence-corrected chi connectivity index (χ0v) is 17.5. The molecular weight excluding hydrogens is 428 g/mol. The van der Waals surface area contributed by atoms with E-state index >= 15 is 0 Å². The van der Waals surface area contributed by atoms with Gasteiger partial charge in [0.1, 0.15) is 10.0 Å². The molecule has 0 radical (unpaired) electrons. The highest BCUT2D eigenvalue weighted by Gasteiger charge is 2.51. The standard InChI is InChI=1S/C18H16N6O4S2/c1-10-12-7-11(8-19)3-4-13(12)29-14(10)30(27,28)21-9-18(15-20-5-6-24(15)2)16(25)22-17(26)23-18/h3-7,21H,9H2,1-2H3,(H2,22,23,25,26). The molecule has 3 heterocycles. The highest BCUT2D eigenvalue weighted by molar-refractivity contribution is 7.91. The molecule has 1 aliphatic rings. The maximum absolute atomic E-state index is 13.1. The number of urea groups is 1. The van der Waals surface area contributed by atoms with Gasteiger partial charge >= 0.3 is 6.03 Å². The highest BCUT2D eigenvalue weighted by atomic mass is 32.2. The zero-order valence-electron chi connectivity index (χ0n) is 15.9. The Kier molecular flexibility index (Phi) is 4.61. The molecule has 3 N–H and O–H groups in total. The monoisotopic (exact) mass is 444 g/mol. The van der Waals surface area contributed by atoms with Crippen LogP contribution in [-0.2, 0) is 27.4 Å². The molecule has 1 fully saturated rings. The molecule has 1 aromatic carbocycles. The number of benzene rings is 1. The summed E-state index contributed by atoms with van der Waals surface area (Å²) in [6.45, 7) is 1.24. The zero-order chi connectivity index (χ0) is 21.7. The Labute approximate surface area is 175 Å². The van der Waals surface area contributed by atoms with Gasteiger partial charge in [-0.3, -0.25) is 10.1 Å². The van der Waals surface area contributed by atoms with Crippen LogP contribution in [0.15, 0.2) is 34.8 Å². The third-order valence-corrected chi connectivity index (χ3v) is 8.23. The van der Waals surface area contributed by atoms with E-state index in [9.17, 15) is 18.0 Å². The van der Waals surface area contributed by atoms with Gasteiger partial charge in [-0.25, -0.2) is 22.9 Å². The maximum Gasteiger partial charge on any atom is 0.322 e. The molecule has 4 rings (SSSR count). The Bertz CT molecular complexity index is 1350. The Morgan fingerprint density at radius 2 is 2.13 bits per heavy atom. The van der Waals surface area contributed by atoms with Crippen molar-refractivity contribution in [3.8, 4) is 6.07 Å². The lowest BCUT2D eigenvalue weighted by Gasteiger charge is -2.25. The van der Waals surface area contributed by atoms with Crippen LogP contribution in [0.2, 0.25) is 0 Å². The topological polar surface area (TPSA) is 146 Å². The summed E-state index contributed by atoms with van der Waals surface area (Å²) in [7, 11) is -2.39. The first-order valence-electron chi connectivity index (χ1n) is 8.72. The van der Waals surface area contributed by atoms with Crippen LogP contribution < -0.4 is 15.4 Å². The van der Waals surface area contributed by atoms with Crippen LogP contribution in [0.1, 0.15) is 17.0 Å². The van der Waals surface area contributed by atoms with Crippen LogP contribution in [0.25, 0.3) is 10.1 Å². The van der Waals surface area contributed by atoms with E-state index < -0.39 is 34.0 Å². The summed E-state index contributed by atoms with van der Waals surface area (Å²) in [5.41, 5.74) is -0.744. The summed E-state index contributed by atoms with van der Waals surface area (Å²) in [5.74, 6) is -0.503. The van der Waals surface area contributed by atoms with Gasteiger partial charge in [0, 0.05) is 24.1 Å². The Hall–Kier alpha value is -3.27. The van der Waals surface area contributed by atoms with Crippen LogP contribution in [0.4, 0.5) is 4.79 Å². The molecule has 1 atom stereocenters. The van der Waals surface area contributed by atoms with E-state index in [1.165, 1.54) is 10.8 Å². The van der Waals surface area contributed by atoms with E-state index in [1.54, 1.807) is 38.4 Å². The lowest BCUT2D eigenvalue weighted by molar-refractivity contribution is -0.124. The van der Waals surface area contributed by atoms with Crippen molar-refractivity contribution in [1.29, 1.82) is 5.26 Å². The number of sulfonamides is 1. The van der Waals surface area contributed by atoms with Crippen LogP contribution in [0.3, 0.4) is 0 Å². The minimum absolute atomic E-state index is 0.0762. The van der Waals surface area contributed by atoms with Gasteiger partial charge in [-0.05, 0) is 36.1 Å². The summed E-state index contributed by atoms with van der Waals surface area (Å²) >= 11 is 1.06. The van der Waals surface area contributed by atoms with Gasteiger partial charge in [-0.15, -0.1) is 11.3 Å². The van der Waals surface area contributed by atoms with E-state index in [4.69, 9.17) is 5.26 Å². The van der Waals surface area contributed by atoms with Crippen LogP contribution in [0, 0.1) is 18.3 Å². The van der Waals surface area contributed by atoms with Crippen molar-refractivity contribution in [2.24, 2.45) is 7.05 Å². The van der Waals surface area contributed by atoms with E-state index in [2.05, 4.69) is 20.3 Å². The molecule has 0 aliphatic carbocycles. The number of aryl methyl sites for hydroxylation is 2. The molecule has 3 amide bonds. The number of nitriles is 1. The minimum atomic E-state index is -4.03. The minimum Gasteiger partial charge on any atom is -0.336 e. The number of thiophene rings is 1. The number of amides is 3. The van der Waals surface area contributed by atoms with Crippen LogP contribution in [-0.4, -0.2) is 36.5 Å². The number of carbonyl (C=O) groups excluding carboxylic acids is 2. The van der Waals surface area contributed by atoms with Crippen molar-refractivity contribution >= 4 is 43.4 Å². The van der Waals surface area contributed by atoms with E-state index in [0.29, 0.717) is 16.5 Å². The summed E-state index contributed by atoms with van der Waals surface area (Å²) in [5, 5.41) is 14.4. The normalized spacial score (nSPS) is 19.0. The lowest BCUT2D eigenvalue weighted by atomic mass is 9.99. The number of fused-ring (bicyclic) bond motifs is 1. The summed E-state index contributed by atoms with van der Waals surface area (Å²) in [6, 6.07) is 6.26. The molecule has 0 spiro atoms. The molecule has 12 heteroatoms. The fraction of sp³-hybridized carbons (Fsp3) is 0.222. The quantitative estimate of drug-likeness (QED) is 0.497. The van der Waals surface area contributed by atoms with E-state index in [1.807, 2.05) is 6.07 Å². The van der Waals surface area contributed by atoms with Crippen molar-refractivity contribution in [1.82, 2.24) is 24.9 Å². The molecule has 1 unspecified atom stereocenters. The van der Waals surface area contributed by atoms with Gasteiger partial charge in [-0.2, -0.15) is 5.26 Å². The number of imidazole rings is 1.